The first-order valence-corrected chi connectivity index (χ1v) is 6.95. The summed E-state index contributed by atoms with van der Waals surface area (Å²) in [5.41, 5.74) is 7.80. The molecule has 4 nitrogen and oxygen atoms in total. The summed E-state index contributed by atoms with van der Waals surface area (Å²) in [5.74, 6) is 0.927. The van der Waals surface area contributed by atoms with Gasteiger partial charge in [-0.1, -0.05) is 44.8 Å². The lowest BCUT2D eigenvalue weighted by Crippen LogP contribution is -1.86. The minimum Gasteiger partial charge on any atom is -0.398 e. The van der Waals surface area contributed by atoms with E-state index in [1.54, 1.807) is 18.2 Å². The molecular formula is C14H9BrClN3O. The summed E-state index contributed by atoms with van der Waals surface area (Å²) in [5, 5.41) is 4.44. The zero-order chi connectivity index (χ0) is 14.1. The third-order valence-electron chi connectivity index (χ3n) is 2.76. The molecule has 0 aliphatic heterocycles. The number of nitrogen functional groups attached to an aromatic ring is 1. The number of rotatable bonds is 2. The standard InChI is InChI=1S/C14H9BrClN3O/c15-10-3-1-2-8(6-10)13-18-14(20-19-13)9-4-5-12(17)11(16)7-9/h1-7H,17H2. The fourth-order valence-electron chi connectivity index (χ4n) is 1.75. The van der Waals surface area contributed by atoms with Gasteiger partial charge in [0.15, 0.2) is 0 Å². The van der Waals surface area contributed by atoms with Crippen LogP contribution < -0.4 is 5.73 Å². The highest BCUT2D eigenvalue weighted by molar-refractivity contribution is 9.10. The maximum atomic E-state index is 5.99. The number of nitrogens with two attached hydrogens (primary N) is 1. The highest BCUT2D eigenvalue weighted by Gasteiger charge is 2.11. The first-order chi connectivity index (χ1) is 9.63. The summed E-state index contributed by atoms with van der Waals surface area (Å²) < 4.78 is 6.22. The van der Waals surface area contributed by atoms with Crippen LogP contribution in [0.4, 0.5) is 5.69 Å². The van der Waals surface area contributed by atoms with Crippen LogP contribution >= 0.6 is 27.5 Å². The zero-order valence-corrected chi connectivity index (χ0v) is 12.5. The van der Waals surface area contributed by atoms with Crippen molar-refractivity contribution in [2.24, 2.45) is 0 Å². The molecule has 3 aromatic rings. The van der Waals surface area contributed by atoms with Crippen LogP contribution in [-0.2, 0) is 0 Å². The molecule has 0 saturated heterocycles. The lowest BCUT2D eigenvalue weighted by atomic mass is 10.2. The molecule has 20 heavy (non-hydrogen) atoms. The third-order valence-corrected chi connectivity index (χ3v) is 3.58. The second kappa shape index (κ2) is 5.26. The van der Waals surface area contributed by atoms with Crippen molar-refractivity contribution in [3.05, 3.63) is 52.0 Å². The number of anilines is 1. The molecular weight excluding hydrogens is 342 g/mol. The van der Waals surface area contributed by atoms with Gasteiger partial charge < -0.3 is 10.3 Å². The van der Waals surface area contributed by atoms with Crippen LogP contribution in [-0.4, -0.2) is 10.1 Å². The number of hydrogen-bond donors (Lipinski definition) is 1. The van der Waals surface area contributed by atoms with Crippen molar-refractivity contribution < 1.29 is 4.52 Å². The molecule has 2 N–H and O–H groups in total. The van der Waals surface area contributed by atoms with E-state index in [1.807, 2.05) is 24.3 Å². The molecule has 0 aliphatic carbocycles. The van der Waals surface area contributed by atoms with Crippen molar-refractivity contribution >= 4 is 33.2 Å². The fourth-order valence-corrected chi connectivity index (χ4v) is 2.33. The molecule has 6 heteroatoms. The van der Waals surface area contributed by atoms with Crippen molar-refractivity contribution in [2.45, 2.75) is 0 Å². The summed E-state index contributed by atoms with van der Waals surface area (Å²) in [4.78, 5) is 4.36. The summed E-state index contributed by atoms with van der Waals surface area (Å²) in [6.07, 6.45) is 0. The second-order valence-electron chi connectivity index (χ2n) is 4.17. The molecule has 0 saturated carbocycles. The van der Waals surface area contributed by atoms with Crippen LogP contribution in [0.3, 0.4) is 0 Å². The Morgan fingerprint density at radius 1 is 1.10 bits per heavy atom. The molecule has 0 aliphatic rings. The van der Waals surface area contributed by atoms with E-state index in [1.165, 1.54) is 0 Å². The van der Waals surface area contributed by atoms with Crippen LogP contribution in [0.25, 0.3) is 22.8 Å². The molecule has 1 aromatic heterocycles. The van der Waals surface area contributed by atoms with E-state index in [9.17, 15) is 0 Å². The Kier molecular flexibility index (Phi) is 3.46. The van der Waals surface area contributed by atoms with Crippen LogP contribution in [0.2, 0.25) is 5.02 Å². The molecule has 0 amide bonds. The molecule has 0 fully saturated rings. The van der Waals surface area contributed by atoms with Gasteiger partial charge in [0, 0.05) is 15.6 Å². The maximum Gasteiger partial charge on any atom is 0.258 e. The first-order valence-electron chi connectivity index (χ1n) is 5.78. The Hall–Kier alpha value is -1.85. The minimum atomic E-state index is 0.405. The molecule has 100 valence electrons. The highest BCUT2D eigenvalue weighted by Crippen LogP contribution is 2.28. The monoisotopic (exact) mass is 349 g/mol. The predicted octanol–water partition coefficient (Wildman–Crippen LogP) is 4.40. The Balaban J connectivity index is 1.99. The van der Waals surface area contributed by atoms with E-state index in [0.717, 1.165) is 15.6 Å². The van der Waals surface area contributed by atoms with E-state index in [2.05, 4.69) is 26.1 Å². The van der Waals surface area contributed by atoms with Gasteiger partial charge in [-0.25, -0.2) is 0 Å². The zero-order valence-electron chi connectivity index (χ0n) is 10.2. The topological polar surface area (TPSA) is 64.9 Å². The van der Waals surface area contributed by atoms with Crippen molar-refractivity contribution in [1.29, 1.82) is 0 Å². The predicted molar refractivity (Wildman–Crippen MR) is 82.3 cm³/mol. The number of halogens is 2. The molecule has 0 spiro atoms. The molecule has 0 atom stereocenters. The van der Waals surface area contributed by atoms with Gasteiger partial charge >= 0.3 is 0 Å². The Bertz CT molecular complexity index is 773. The maximum absolute atomic E-state index is 5.99. The molecule has 3 rings (SSSR count). The van der Waals surface area contributed by atoms with Crippen molar-refractivity contribution in [1.82, 2.24) is 10.1 Å². The Labute approximate surface area is 128 Å². The van der Waals surface area contributed by atoms with Crippen molar-refractivity contribution in [2.75, 3.05) is 5.73 Å². The minimum absolute atomic E-state index is 0.405. The largest absolute Gasteiger partial charge is 0.398 e. The van der Waals surface area contributed by atoms with Crippen LogP contribution in [0.1, 0.15) is 0 Å². The molecule has 0 radical (unpaired) electrons. The Morgan fingerprint density at radius 3 is 2.70 bits per heavy atom. The summed E-state index contributed by atoms with van der Waals surface area (Å²) in [6, 6.07) is 12.9. The number of nitrogens with zero attached hydrogens (tertiary/aromatic N) is 2. The summed E-state index contributed by atoms with van der Waals surface area (Å²) >= 11 is 9.40. The van der Waals surface area contributed by atoms with E-state index in [-0.39, 0.29) is 0 Å². The number of benzene rings is 2. The average molecular weight is 351 g/mol. The lowest BCUT2D eigenvalue weighted by Gasteiger charge is -1.98. The van der Waals surface area contributed by atoms with Crippen LogP contribution in [0.15, 0.2) is 51.5 Å². The quantitative estimate of drug-likeness (QED) is 0.696. The summed E-state index contributed by atoms with van der Waals surface area (Å²) in [6.45, 7) is 0. The third kappa shape index (κ3) is 2.55. The first kappa shape index (κ1) is 13.1. The molecule has 1 heterocycles. The number of aromatic nitrogens is 2. The molecule has 2 aromatic carbocycles. The van der Waals surface area contributed by atoms with Gasteiger partial charge in [0.25, 0.3) is 5.89 Å². The van der Waals surface area contributed by atoms with Gasteiger partial charge in [0.2, 0.25) is 5.82 Å². The van der Waals surface area contributed by atoms with Gasteiger partial charge in [-0.2, -0.15) is 4.98 Å². The van der Waals surface area contributed by atoms with E-state index in [4.69, 9.17) is 21.9 Å². The van der Waals surface area contributed by atoms with Crippen molar-refractivity contribution in [3.8, 4) is 22.8 Å². The lowest BCUT2D eigenvalue weighted by molar-refractivity contribution is 0.432. The molecule has 0 bridgehead atoms. The highest BCUT2D eigenvalue weighted by atomic mass is 79.9. The average Bonchev–Trinajstić information content (AvgIpc) is 2.92. The summed E-state index contributed by atoms with van der Waals surface area (Å²) in [7, 11) is 0. The fraction of sp³-hybridized carbons (Fsp3) is 0. The number of hydrogen-bond acceptors (Lipinski definition) is 4. The van der Waals surface area contributed by atoms with E-state index in [0.29, 0.717) is 22.4 Å². The smallest absolute Gasteiger partial charge is 0.258 e. The Morgan fingerprint density at radius 2 is 1.95 bits per heavy atom. The van der Waals surface area contributed by atoms with E-state index < -0.39 is 0 Å². The SMILES string of the molecule is Nc1ccc(-c2nc(-c3cccc(Br)c3)no2)cc1Cl. The normalized spacial score (nSPS) is 10.7. The van der Waals surface area contributed by atoms with Gasteiger partial charge in [0.1, 0.15) is 0 Å². The van der Waals surface area contributed by atoms with Gasteiger partial charge in [0.05, 0.1) is 10.7 Å². The van der Waals surface area contributed by atoms with Gasteiger partial charge in [-0.3, -0.25) is 0 Å². The second-order valence-corrected chi connectivity index (χ2v) is 5.49. The van der Waals surface area contributed by atoms with Gasteiger partial charge in [-0.15, -0.1) is 0 Å². The van der Waals surface area contributed by atoms with Crippen LogP contribution in [0, 0.1) is 0 Å². The van der Waals surface area contributed by atoms with E-state index >= 15 is 0 Å². The van der Waals surface area contributed by atoms with Gasteiger partial charge in [-0.05, 0) is 30.3 Å². The molecule has 0 unspecified atom stereocenters. The van der Waals surface area contributed by atoms with Crippen LogP contribution in [0.5, 0.6) is 0 Å². The van der Waals surface area contributed by atoms with Crippen molar-refractivity contribution in [3.63, 3.8) is 0 Å².